The van der Waals surface area contributed by atoms with Crippen molar-refractivity contribution in [1.82, 2.24) is 10.6 Å². The van der Waals surface area contributed by atoms with E-state index in [9.17, 15) is 0 Å². The summed E-state index contributed by atoms with van der Waals surface area (Å²) in [6, 6.07) is 9.20. The molecule has 1 aliphatic carbocycles. The van der Waals surface area contributed by atoms with Crippen LogP contribution in [0.2, 0.25) is 0 Å². The highest BCUT2D eigenvalue weighted by Gasteiger charge is 2.48. The molecule has 1 aromatic carbocycles. The maximum atomic E-state index is 3.51. The molecule has 1 atom stereocenters. The predicted octanol–water partition coefficient (Wildman–Crippen LogP) is 2.26. The largest absolute Gasteiger partial charge is 0.319 e. The van der Waals surface area contributed by atoms with Crippen molar-refractivity contribution in [3.05, 3.63) is 35.4 Å². The Bertz CT molecular complexity index is 356. The Morgan fingerprint density at radius 2 is 1.94 bits per heavy atom. The molecule has 16 heavy (non-hydrogen) atoms. The van der Waals surface area contributed by atoms with Crippen molar-refractivity contribution in [1.29, 1.82) is 0 Å². The number of rotatable bonds is 5. The van der Waals surface area contributed by atoms with Gasteiger partial charge in [-0.1, -0.05) is 24.3 Å². The van der Waals surface area contributed by atoms with Crippen molar-refractivity contribution in [3.8, 4) is 0 Å². The van der Waals surface area contributed by atoms with Crippen LogP contribution in [0.3, 0.4) is 0 Å². The summed E-state index contributed by atoms with van der Waals surface area (Å²) in [5.74, 6) is 0. The first-order valence-electron chi connectivity index (χ1n) is 6.11. The Labute approximate surface area is 98.4 Å². The van der Waals surface area contributed by atoms with Crippen LogP contribution in [0.1, 0.15) is 30.0 Å². The van der Waals surface area contributed by atoms with Crippen LogP contribution in [-0.4, -0.2) is 20.6 Å². The Balaban J connectivity index is 2.26. The molecule has 0 heterocycles. The van der Waals surface area contributed by atoms with Crippen molar-refractivity contribution in [2.24, 2.45) is 5.41 Å². The molecule has 0 aliphatic heterocycles. The zero-order valence-corrected chi connectivity index (χ0v) is 10.5. The van der Waals surface area contributed by atoms with E-state index in [1.165, 1.54) is 24.0 Å². The summed E-state index contributed by atoms with van der Waals surface area (Å²) < 4.78 is 0. The molecule has 1 aromatic rings. The molecule has 1 fully saturated rings. The van der Waals surface area contributed by atoms with E-state index in [0.29, 0.717) is 11.5 Å². The van der Waals surface area contributed by atoms with E-state index in [4.69, 9.17) is 0 Å². The standard InChI is InChI=1S/C14H22N2/c1-11-6-4-5-7-12(11)13(16-3)14(8-9-14)10-15-2/h4-7,13,15-16H,8-10H2,1-3H3. The molecular weight excluding hydrogens is 196 g/mol. The molecular formula is C14H22N2. The Hall–Kier alpha value is -0.860. The molecule has 0 bridgehead atoms. The van der Waals surface area contributed by atoms with Crippen LogP contribution < -0.4 is 10.6 Å². The molecule has 0 aromatic heterocycles. The lowest BCUT2D eigenvalue weighted by Crippen LogP contribution is -2.33. The molecule has 2 N–H and O–H groups in total. The summed E-state index contributed by atoms with van der Waals surface area (Å²) in [5, 5.41) is 6.84. The average Bonchev–Trinajstić information content (AvgIpc) is 3.03. The minimum atomic E-state index is 0.440. The molecule has 0 saturated heterocycles. The highest BCUT2D eigenvalue weighted by Crippen LogP contribution is 2.54. The summed E-state index contributed by atoms with van der Waals surface area (Å²) in [6.45, 7) is 3.31. The van der Waals surface area contributed by atoms with E-state index in [1.54, 1.807) is 0 Å². The SMILES string of the molecule is CNCC1(C(NC)c2ccccc2C)CC1. The van der Waals surface area contributed by atoms with Crippen molar-refractivity contribution in [2.75, 3.05) is 20.6 Å². The van der Waals surface area contributed by atoms with E-state index < -0.39 is 0 Å². The summed E-state index contributed by atoms with van der Waals surface area (Å²) >= 11 is 0. The first-order chi connectivity index (χ1) is 7.73. The molecule has 2 nitrogen and oxygen atoms in total. The van der Waals surface area contributed by atoms with Crippen LogP contribution in [0.4, 0.5) is 0 Å². The lowest BCUT2D eigenvalue weighted by molar-refractivity contribution is 0.346. The van der Waals surface area contributed by atoms with Gasteiger partial charge in [0.25, 0.3) is 0 Å². The number of hydrogen-bond acceptors (Lipinski definition) is 2. The summed E-state index contributed by atoms with van der Waals surface area (Å²) in [4.78, 5) is 0. The van der Waals surface area contributed by atoms with Crippen molar-refractivity contribution in [2.45, 2.75) is 25.8 Å². The van der Waals surface area contributed by atoms with Crippen LogP contribution in [0.5, 0.6) is 0 Å². The van der Waals surface area contributed by atoms with Crippen LogP contribution >= 0.6 is 0 Å². The monoisotopic (exact) mass is 218 g/mol. The predicted molar refractivity (Wildman–Crippen MR) is 68.6 cm³/mol. The van der Waals surface area contributed by atoms with Gasteiger partial charge in [0.2, 0.25) is 0 Å². The molecule has 1 saturated carbocycles. The highest BCUT2D eigenvalue weighted by molar-refractivity contribution is 5.32. The molecule has 1 aliphatic rings. The van der Waals surface area contributed by atoms with Gasteiger partial charge in [-0.3, -0.25) is 0 Å². The van der Waals surface area contributed by atoms with Crippen LogP contribution in [0.15, 0.2) is 24.3 Å². The van der Waals surface area contributed by atoms with Crippen molar-refractivity contribution in [3.63, 3.8) is 0 Å². The second-order valence-electron chi connectivity index (χ2n) is 4.97. The average molecular weight is 218 g/mol. The summed E-state index contributed by atoms with van der Waals surface area (Å²) in [6.07, 6.45) is 2.65. The molecule has 0 amide bonds. The molecule has 2 heteroatoms. The van der Waals surface area contributed by atoms with Crippen LogP contribution in [0.25, 0.3) is 0 Å². The maximum Gasteiger partial charge on any atom is 0.0389 e. The Kier molecular flexibility index (Phi) is 3.31. The third kappa shape index (κ3) is 2.00. The van der Waals surface area contributed by atoms with Crippen LogP contribution in [-0.2, 0) is 0 Å². The Morgan fingerprint density at radius 3 is 2.44 bits per heavy atom. The van der Waals surface area contributed by atoms with Crippen molar-refractivity contribution >= 4 is 0 Å². The summed E-state index contributed by atoms with van der Waals surface area (Å²) in [7, 11) is 4.12. The van der Waals surface area contributed by atoms with E-state index in [-0.39, 0.29) is 0 Å². The molecule has 2 rings (SSSR count). The van der Waals surface area contributed by atoms with E-state index >= 15 is 0 Å². The minimum Gasteiger partial charge on any atom is -0.319 e. The van der Waals surface area contributed by atoms with Gasteiger partial charge in [-0.05, 0) is 45.0 Å². The van der Waals surface area contributed by atoms with Crippen molar-refractivity contribution < 1.29 is 0 Å². The number of benzene rings is 1. The highest BCUT2D eigenvalue weighted by atomic mass is 15.0. The van der Waals surface area contributed by atoms with Gasteiger partial charge in [-0.15, -0.1) is 0 Å². The van der Waals surface area contributed by atoms with Gasteiger partial charge in [-0.25, -0.2) is 0 Å². The fraction of sp³-hybridized carbons (Fsp3) is 0.571. The van der Waals surface area contributed by atoms with Gasteiger partial charge in [0.15, 0.2) is 0 Å². The van der Waals surface area contributed by atoms with E-state index in [0.717, 1.165) is 6.54 Å². The maximum absolute atomic E-state index is 3.51. The smallest absolute Gasteiger partial charge is 0.0389 e. The molecule has 0 radical (unpaired) electrons. The van der Waals surface area contributed by atoms with Gasteiger partial charge in [0.05, 0.1) is 0 Å². The first kappa shape index (κ1) is 11.6. The molecule has 1 unspecified atom stereocenters. The fourth-order valence-corrected chi connectivity index (χ4v) is 2.78. The first-order valence-corrected chi connectivity index (χ1v) is 6.11. The lowest BCUT2D eigenvalue weighted by Gasteiger charge is -2.28. The fourth-order valence-electron chi connectivity index (χ4n) is 2.78. The third-order valence-electron chi connectivity index (χ3n) is 3.82. The third-order valence-corrected chi connectivity index (χ3v) is 3.82. The quantitative estimate of drug-likeness (QED) is 0.792. The van der Waals surface area contributed by atoms with Gasteiger partial charge >= 0.3 is 0 Å². The van der Waals surface area contributed by atoms with Crippen LogP contribution in [0, 0.1) is 12.3 Å². The minimum absolute atomic E-state index is 0.440. The number of hydrogen-bond donors (Lipinski definition) is 2. The number of nitrogens with one attached hydrogen (secondary N) is 2. The topological polar surface area (TPSA) is 24.1 Å². The van der Waals surface area contributed by atoms with Gasteiger partial charge < -0.3 is 10.6 Å². The second-order valence-corrected chi connectivity index (χ2v) is 4.97. The van der Waals surface area contributed by atoms with Gasteiger partial charge in [0.1, 0.15) is 0 Å². The number of aryl methyl sites for hydroxylation is 1. The van der Waals surface area contributed by atoms with E-state index in [2.05, 4.69) is 48.9 Å². The van der Waals surface area contributed by atoms with E-state index in [1.807, 2.05) is 7.05 Å². The second kappa shape index (κ2) is 4.56. The molecule has 0 spiro atoms. The zero-order valence-electron chi connectivity index (χ0n) is 10.5. The Morgan fingerprint density at radius 1 is 1.25 bits per heavy atom. The van der Waals surface area contributed by atoms with Gasteiger partial charge in [0, 0.05) is 18.0 Å². The zero-order chi connectivity index (χ0) is 11.6. The molecule has 88 valence electrons. The normalized spacial score (nSPS) is 19.4. The van der Waals surface area contributed by atoms with Gasteiger partial charge in [-0.2, -0.15) is 0 Å². The summed E-state index contributed by atoms with van der Waals surface area (Å²) in [5.41, 5.74) is 3.29. The lowest BCUT2D eigenvalue weighted by atomic mass is 9.87.